The van der Waals surface area contributed by atoms with Gasteiger partial charge in [-0.1, -0.05) is 0 Å². The fraction of sp³-hybridized carbons (Fsp3) is 0.273. The van der Waals surface area contributed by atoms with Gasteiger partial charge in [-0.25, -0.2) is 0 Å². The van der Waals surface area contributed by atoms with E-state index in [0.717, 1.165) is 11.3 Å². The third kappa shape index (κ3) is 3.46. The molecule has 1 rings (SSSR count). The van der Waals surface area contributed by atoms with E-state index in [9.17, 15) is 9.59 Å². The monoisotopic (exact) mass is 236 g/mol. The number of hydrogen-bond acceptors (Lipinski definition) is 4. The molecule has 17 heavy (non-hydrogen) atoms. The summed E-state index contributed by atoms with van der Waals surface area (Å²) < 4.78 is 0. The minimum Gasteiger partial charge on any atom is -0.358 e. The molecule has 0 aliphatic carbocycles. The number of hydrazine groups is 1. The molecule has 0 bridgehead atoms. The van der Waals surface area contributed by atoms with Gasteiger partial charge in [0.05, 0.1) is 12.2 Å². The zero-order chi connectivity index (χ0) is 12.8. The van der Waals surface area contributed by atoms with Gasteiger partial charge < -0.3 is 16.1 Å². The first-order valence-corrected chi connectivity index (χ1v) is 5.14. The van der Waals surface area contributed by atoms with Crippen LogP contribution in [0.3, 0.4) is 0 Å². The standard InChI is InChI=1S/C11H16N4O2/c1-7-5-8(3-4-9(7)15-12)11(17)14-6-10(16)13-2/h3-5,15H,6,12H2,1-2H3,(H,13,16)(H,14,17). The number of carbonyl (C=O) groups excluding carboxylic acids is 2. The number of aryl methyl sites for hydroxylation is 1. The van der Waals surface area contributed by atoms with E-state index in [2.05, 4.69) is 16.1 Å². The molecule has 6 nitrogen and oxygen atoms in total. The van der Waals surface area contributed by atoms with E-state index in [-0.39, 0.29) is 18.4 Å². The van der Waals surface area contributed by atoms with Crippen LogP contribution >= 0.6 is 0 Å². The first-order chi connectivity index (χ1) is 8.08. The second-order valence-electron chi connectivity index (χ2n) is 3.53. The highest BCUT2D eigenvalue weighted by Crippen LogP contribution is 2.14. The largest absolute Gasteiger partial charge is 0.358 e. The van der Waals surface area contributed by atoms with Gasteiger partial charge in [-0.2, -0.15) is 0 Å². The van der Waals surface area contributed by atoms with Gasteiger partial charge in [0.1, 0.15) is 0 Å². The summed E-state index contributed by atoms with van der Waals surface area (Å²) in [6.07, 6.45) is 0. The highest BCUT2D eigenvalue weighted by atomic mass is 16.2. The topological polar surface area (TPSA) is 96.2 Å². The zero-order valence-corrected chi connectivity index (χ0v) is 9.83. The van der Waals surface area contributed by atoms with E-state index >= 15 is 0 Å². The molecule has 0 fully saturated rings. The number of nitrogens with one attached hydrogen (secondary N) is 3. The van der Waals surface area contributed by atoms with Crippen molar-refractivity contribution in [3.05, 3.63) is 29.3 Å². The lowest BCUT2D eigenvalue weighted by atomic mass is 10.1. The predicted octanol–water partition coefficient (Wildman–Crippen LogP) is -0.244. The Morgan fingerprint density at radius 1 is 1.35 bits per heavy atom. The van der Waals surface area contributed by atoms with Gasteiger partial charge in [-0.3, -0.25) is 15.4 Å². The second kappa shape index (κ2) is 5.86. The van der Waals surface area contributed by atoms with Crippen molar-refractivity contribution in [2.75, 3.05) is 19.0 Å². The number of carbonyl (C=O) groups is 2. The quantitative estimate of drug-likeness (QED) is 0.428. The smallest absolute Gasteiger partial charge is 0.251 e. The number of likely N-dealkylation sites (N-methyl/N-ethyl adjacent to an activating group) is 1. The first kappa shape index (κ1) is 13.0. The molecule has 0 radical (unpaired) electrons. The average Bonchev–Trinajstić information content (AvgIpc) is 2.35. The maximum Gasteiger partial charge on any atom is 0.251 e. The molecule has 0 saturated heterocycles. The Balaban J connectivity index is 2.69. The summed E-state index contributed by atoms with van der Waals surface area (Å²) >= 11 is 0. The molecular formula is C11H16N4O2. The van der Waals surface area contributed by atoms with Crippen LogP contribution in [0, 0.1) is 6.92 Å². The van der Waals surface area contributed by atoms with E-state index in [0.29, 0.717) is 5.56 Å². The molecule has 1 aromatic rings. The first-order valence-electron chi connectivity index (χ1n) is 5.14. The van der Waals surface area contributed by atoms with E-state index in [1.165, 1.54) is 7.05 Å². The lowest BCUT2D eigenvalue weighted by Gasteiger charge is -2.08. The lowest BCUT2D eigenvalue weighted by Crippen LogP contribution is -2.35. The molecule has 2 amide bonds. The van der Waals surface area contributed by atoms with Crippen LogP contribution in [0.25, 0.3) is 0 Å². The van der Waals surface area contributed by atoms with Gasteiger partial charge >= 0.3 is 0 Å². The van der Waals surface area contributed by atoms with Gasteiger partial charge in [-0.05, 0) is 30.7 Å². The summed E-state index contributed by atoms with van der Waals surface area (Å²) in [5.41, 5.74) is 4.63. The van der Waals surface area contributed by atoms with E-state index < -0.39 is 0 Å². The average molecular weight is 236 g/mol. The summed E-state index contributed by atoms with van der Waals surface area (Å²) in [5.74, 6) is 4.76. The summed E-state index contributed by atoms with van der Waals surface area (Å²) in [6.45, 7) is 1.80. The van der Waals surface area contributed by atoms with Gasteiger partial charge in [0.25, 0.3) is 5.91 Å². The third-order valence-corrected chi connectivity index (χ3v) is 2.33. The van der Waals surface area contributed by atoms with Crippen molar-refractivity contribution in [3.8, 4) is 0 Å². The molecule has 92 valence electrons. The summed E-state index contributed by atoms with van der Waals surface area (Å²) in [6, 6.07) is 5.06. The van der Waals surface area contributed by atoms with Crippen molar-refractivity contribution in [3.63, 3.8) is 0 Å². The van der Waals surface area contributed by atoms with E-state index in [4.69, 9.17) is 5.84 Å². The summed E-state index contributed by atoms with van der Waals surface area (Å²) in [5, 5.41) is 4.93. The van der Waals surface area contributed by atoms with Crippen LogP contribution in [0.2, 0.25) is 0 Å². The van der Waals surface area contributed by atoms with Gasteiger partial charge in [-0.15, -0.1) is 0 Å². The van der Waals surface area contributed by atoms with Crippen LogP contribution in [-0.4, -0.2) is 25.4 Å². The van der Waals surface area contributed by atoms with Gasteiger partial charge in [0.15, 0.2) is 0 Å². The highest BCUT2D eigenvalue weighted by Gasteiger charge is 2.08. The number of hydrogen-bond donors (Lipinski definition) is 4. The van der Waals surface area contributed by atoms with Crippen molar-refractivity contribution < 1.29 is 9.59 Å². The lowest BCUT2D eigenvalue weighted by molar-refractivity contribution is -0.119. The SMILES string of the molecule is CNC(=O)CNC(=O)c1ccc(NN)c(C)c1. The molecule has 0 aromatic heterocycles. The minimum atomic E-state index is -0.291. The van der Waals surface area contributed by atoms with Crippen molar-refractivity contribution in [1.82, 2.24) is 10.6 Å². The molecule has 0 unspecified atom stereocenters. The van der Waals surface area contributed by atoms with Crippen LogP contribution in [0.15, 0.2) is 18.2 Å². The number of nitrogens with two attached hydrogens (primary N) is 1. The Labute approximate surface area is 99.5 Å². The molecule has 0 spiro atoms. The van der Waals surface area contributed by atoms with E-state index in [1.54, 1.807) is 18.2 Å². The molecule has 0 saturated carbocycles. The second-order valence-corrected chi connectivity index (χ2v) is 3.53. The van der Waals surface area contributed by atoms with Crippen molar-refractivity contribution in [2.24, 2.45) is 5.84 Å². The zero-order valence-electron chi connectivity index (χ0n) is 9.83. The summed E-state index contributed by atoms with van der Waals surface area (Å²) in [7, 11) is 1.51. The number of nitrogen functional groups attached to an aromatic ring is 1. The number of benzene rings is 1. The predicted molar refractivity (Wildman–Crippen MR) is 65.4 cm³/mol. The normalized spacial score (nSPS) is 9.59. The Bertz CT molecular complexity index is 431. The maximum atomic E-state index is 11.7. The van der Waals surface area contributed by atoms with Gasteiger partial charge in [0.2, 0.25) is 5.91 Å². The van der Waals surface area contributed by atoms with Crippen molar-refractivity contribution in [1.29, 1.82) is 0 Å². The van der Waals surface area contributed by atoms with Crippen LogP contribution in [0.1, 0.15) is 15.9 Å². The molecule has 0 aliphatic rings. The van der Waals surface area contributed by atoms with Gasteiger partial charge in [0, 0.05) is 12.6 Å². The molecule has 0 heterocycles. The molecule has 0 aliphatic heterocycles. The molecule has 0 atom stereocenters. The van der Waals surface area contributed by atoms with Crippen molar-refractivity contribution >= 4 is 17.5 Å². The Hall–Kier alpha value is -2.08. The van der Waals surface area contributed by atoms with Crippen LogP contribution in [0.4, 0.5) is 5.69 Å². The molecule has 1 aromatic carbocycles. The van der Waals surface area contributed by atoms with Crippen molar-refractivity contribution in [2.45, 2.75) is 6.92 Å². The fourth-order valence-corrected chi connectivity index (χ4v) is 1.32. The molecular weight excluding hydrogens is 220 g/mol. The molecule has 6 heteroatoms. The summed E-state index contributed by atoms with van der Waals surface area (Å²) in [4.78, 5) is 22.6. The number of amides is 2. The number of rotatable bonds is 4. The third-order valence-electron chi connectivity index (χ3n) is 2.33. The highest BCUT2D eigenvalue weighted by molar-refractivity contribution is 5.97. The Morgan fingerprint density at radius 3 is 2.59 bits per heavy atom. The van der Waals surface area contributed by atoms with Crippen LogP contribution in [0.5, 0.6) is 0 Å². The maximum absolute atomic E-state index is 11.7. The fourth-order valence-electron chi connectivity index (χ4n) is 1.32. The van der Waals surface area contributed by atoms with E-state index in [1.807, 2.05) is 6.92 Å². The Kier molecular flexibility index (Phi) is 4.47. The van der Waals surface area contributed by atoms with Crippen LogP contribution < -0.4 is 21.9 Å². The van der Waals surface area contributed by atoms with Crippen LogP contribution in [-0.2, 0) is 4.79 Å². The minimum absolute atomic E-state index is 0.0364. The molecule has 5 N–H and O–H groups in total. The Morgan fingerprint density at radius 2 is 2.06 bits per heavy atom. The number of anilines is 1.